The molecule has 0 aliphatic carbocycles. The lowest BCUT2D eigenvalue weighted by Crippen LogP contribution is -2.27. The van der Waals surface area contributed by atoms with Gasteiger partial charge in [0.05, 0.1) is 18.7 Å². The first-order valence-corrected chi connectivity index (χ1v) is 9.88. The lowest BCUT2D eigenvalue weighted by atomic mass is 10.0. The van der Waals surface area contributed by atoms with Crippen LogP contribution in [0.3, 0.4) is 0 Å². The lowest BCUT2D eigenvalue weighted by molar-refractivity contribution is -0.122. The SMILES string of the molecule is CCNC(=O)C(C)c1ccc(OC2CCN(c3nc(N(C)C)ncc3F)C2)cc1. The molecule has 2 aromatic rings. The Labute approximate surface area is 170 Å². The second kappa shape index (κ2) is 9.07. The van der Waals surface area contributed by atoms with Crippen LogP contribution in [0.25, 0.3) is 0 Å². The van der Waals surface area contributed by atoms with Gasteiger partial charge >= 0.3 is 0 Å². The summed E-state index contributed by atoms with van der Waals surface area (Å²) in [6.07, 6.45) is 1.93. The molecule has 156 valence electrons. The Bertz CT molecular complexity index is 843. The van der Waals surface area contributed by atoms with Crippen molar-refractivity contribution in [1.82, 2.24) is 15.3 Å². The summed E-state index contributed by atoms with van der Waals surface area (Å²) in [7, 11) is 3.65. The van der Waals surface area contributed by atoms with Gasteiger partial charge in [-0.15, -0.1) is 0 Å². The average molecular weight is 401 g/mol. The molecule has 1 aliphatic heterocycles. The van der Waals surface area contributed by atoms with Crippen LogP contribution in [-0.4, -0.2) is 55.7 Å². The molecule has 0 radical (unpaired) electrons. The second-order valence-electron chi connectivity index (χ2n) is 7.40. The van der Waals surface area contributed by atoms with E-state index in [4.69, 9.17) is 4.74 Å². The molecule has 7 nitrogen and oxygen atoms in total. The molecule has 1 N–H and O–H groups in total. The highest BCUT2D eigenvalue weighted by Gasteiger charge is 2.27. The van der Waals surface area contributed by atoms with Crippen LogP contribution in [0, 0.1) is 5.82 Å². The van der Waals surface area contributed by atoms with Crippen molar-refractivity contribution in [3.8, 4) is 5.75 Å². The molecule has 1 saturated heterocycles. The van der Waals surface area contributed by atoms with E-state index in [0.29, 0.717) is 31.4 Å². The quantitative estimate of drug-likeness (QED) is 0.769. The molecule has 0 saturated carbocycles. The molecule has 0 spiro atoms. The van der Waals surface area contributed by atoms with E-state index in [1.54, 1.807) is 4.90 Å². The summed E-state index contributed by atoms with van der Waals surface area (Å²) in [5.41, 5.74) is 0.940. The number of carbonyl (C=O) groups excluding carboxylic acids is 1. The molecule has 1 fully saturated rings. The number of hydrogen-bond donors (Lipinski definition) is 1. The van der Waals surface area contributed by atoms with Crippen LogP contribution in [0.15, 0.2) is 30.5 Å². The predicted molar refractivity (Wildman–Crippen MR) is 111 cm³/mol. The van der Waals surface area contributed by atoms with Crippen molar-refractivity contribution in [2.45, 2.75) is 32.3 Å². The summed E-state index contributed by atoms with van der Waals surface area (Å²) in [6, 6.07) is 7.58. The second-order valence-corrected chi connectivity index (χ2v) is 7.40. The van der Waals surface area contributed by atoms with Crippen molar-refractivity contribution in [3.63, 3.8) is 0 Å². The average Bonchev–Trinajstić information content (AvgIpc) is 3.16. The third-order valence-electron chi connectivity index (χ3n) is 4.98. The fraction of sp³-hybridized carbons (Fsp3) is 0.476. The molecule has 0 bridgehead atoms. The molecule has 1 amide bonds. The number of ether oxygens (including phenoxy) is 1. The molecule has 8 heteroatoms. The van der Waals surface area contributed by atoms with Gasteiger partial charge in [0.1, 0.15) is 11.9 Å². The maximum Gasteiger partial charge on any atom is 0.227 e. The van der Waals surface area contributed by atoms with Crippen molar-refractivity contribution in [2.24, 2.45) is 0 Å². The van der Waals surface area contributed by atoms with Gasteiger partial charge in [0, 0.05) is 33.6 Å². The Morgan fingerprint density at radius 1 is 1.38 bits per heavy atom. The molecular weight excluding hydrogens is 373 g/mol. The molecule has 3 rings (SSSR count). The molecule has 2 heterocycles. The van der Waals surface area contributed by atoms with Gasteiger partial charge in [0.15, 0.2) is 11.6 Å². The largest absolute Gasteiger partial charge is 0.489 e. The third-order valence-corrected chi connectivity index (χ3v) is 4.98. The first kappa shape index (κ1) is 20.8. The molecule has 2 unspecified atom stereocenters. The predicted octanol–water partition coefficient (Wildman–Crippen LogP) is 2.58. The highest BCUT2D eigenvalue weighted by Crippen LogP contribution is 2.26. The minimum Gasteiger partial charge on any atom is -0.489 e. The van der Waals surface area contributed by atoms with Crippen LogP contribution in [0.2, 0.25) is 0 Å². The van der Waals surface area contributed by atoms with Crippen molar-refractivity contribution in [1.29, 1.82) is 0 Å². The Morgan fingerprint density at radius 2 is 2.10 bits per heavy atom. The number of halogens is 1. The van der Waals surface area contributed by atoms with E-state index >= 15 is 0 Å². The van der Waals surface area contributed by atoms with Gasteiger partial charge in [0.25, 0.3) is 0 Å². The number of nitrogens with zero attached hydrogens (tertiary/aromatic N) is 4. The number of likely N-dealkylation sites (N-methyl/N-ethyl adjacent to an activating group) is 1. The number of anilines is 2. The molecule has 29 heavy (non-hydrogen) atoms. The monoisotopic (exact) mass is 401 g/mol. The number of aromatic nitrogens is 2. The highest BCUT2D eigenvalue weighted by atomic mass is 19.1. The van der Waals surface area contributed by atoms with Gasteiger partial charge in [0.2, 0.25) is 11.9 Å². The van der Waals surface area contributed by atoms with Crippen LogP contribution in [0.5, 0.6) is 5.75 Å². The Morgan fingerprint density at radius 3 is 2.76 bits per heavy atom. The van der Waals surface area contributed by atoms with E-state index in [9.17, 15) is 9.18 Å². The fourth-order valence-corrected chi connectivity index (χ4v) is 3.31. The number of nitrogens with one attached hydrogen (secondary N) is 1. The number of amides is 1. The van der Waals surface area contributed by atoms with Crippen LogP contribution in [0.1, 0.15) is 31.7 Å². The van der Waals surface area contributed by atoms with E-state index in [1.807, 2.05) is 57.1 Å². The van der Waals surface area contributed by atoms with Gasteiger partial charge in [-0.1, -0.05) is 12.1 Å². The summed E-state index contributed by atoms with van der Waals surface area (Å²) >= 11 is 0. The standard InChI is InChI=1S/C21H28FN5O2/c1-5-23-20(28)14(2)15-6-8-16(9-7-15)29-17-10-11-27(13-17)19-18(22)12-24-21(25-19)26(3)4/h6-9,12,14,17H,5,10-11,13H2,1-4H3,(H,23,28). The summed E-state index contributed by atoms with van der Waals surface area (Å²) in [5, 5.41) is 2.83. The maximum atomic E-state index is 14.2. The zero-order valence-electron chi connectivity index (χ0n) is 17.4. The Kier molecular flexibility index (Phi) is 6.51. The smallest absolute Gasteiger partial charge is 0.227 e. The maximum absolute atomic E-state index is 14.2. The van der Waals surface area contributed by atoms with E-state index in [0.717, 1.165) is 17.7 Å². The topological polar surface area (TPSA) is 70.6 Å². The minimum atomic E-state index is -0.431. The van der Waals surface area contributed by atoms with Crippen molar-refractivity contribution < 1.29 is 13.9 Å². The molecule has 2 atom stereocenters. The zero-order valence-corrected chi connectivity index (χ0v) is 17.4. The molecular formula is C21H28FN5O2. The van der Waals surface area contributed by atoms with E-state index < -0.39 is 5.82 Å². The minimum absolute atomic E-state index is 0.0107. The summed E-state index contributed by atoms with van der Waals surface area (Å²) in [4.78, 5) is 23.9. The van der Waals surface area contributed by atoms with Crippen molar-refractivity contribution >= 4 is 17.7 Å². The summed E-state index contributed by atoms with van der Waals surface area (Å²) < 4.78 is 20.3. The zero-order chi connectivity index (χ0) is 21.0. The first-order valence-electron chi connectivity index (χ1n) is 9.88. The van der Waals surface area contributed by atoms with Gasteiger partial charge in [-0.3, -0.25) is 4.79 Å². The Balaban J connectivity index is 1.62. The Hall–Kier alpha value is -2.90. The summed E-state index contributed by atoms with van der Waals surface area (Å²) in [6.45, 7) is 5.62. The number of benzene rings is 1. The van der Waals surface area contributed by atoms with Gasteiger partial charge in [-0.05, 0) is 31.5 Å². The van der Waals surface area contributed by atoms with Crippen molar-refractivity contribution in [3.05, 3.63) is 41.8 Å². The third kappa shape index (κ3) is 4.93. The number of hydrogen-bond acceptors (Lipinski definition) is 6. The van der Waals surface area contributed by atoms with E-state index in [1.165, 1.54) is 6.20 Å². The molecule has 1 aromatic heterocycles. The first-order chi connectivity index (χ1) is 13.9. The van der Waals surface area contributed by atoms with Crippen LogP contribution >= 0.6 is 0 Å². The molecule has 1 aliphatic rings. The van der Waals surface area contributed by atoms with Crippen LogP contribution in [-0.2, 0) is 4.79 Å². The number of rotatable bonds is 7. The van der Waals surface area contributed by atoms with Crippen LogP contribution in [0.4, 0.5) is 16.2 Å². The van der Waals surface area contributed by atoms with Gasteiger partial charge in [-0.25, -0.2) is 9.37 Å². The van der Waals surface area contributed by atoms with E-state index in [2.05, 4.69) is 15.3 Å². The van der Waals surface area contributed by atoms with E-state index in [-0.39, 0.29) is 17.9 Å². The van der Waals surface area contributed by atoms with Gasteiger partial charge in [-0.2, -0.15) is 4.98 Å². The fourth-order valence-electron chi connectivity index (χ4n) is 3.31. The van der Waals surface area contributed by atoms with Crippen LogP contribution < -0.4 is 19.9 Å². The lowest BCUT2D eigenvalue weighted by Gasteiger charge is -2.20. The van der Waals surface area contributed by atoms with Crippen molar-refractivity contribution in [2.75, 3.05) is 43.5 Å². The summed E-state index contributed by atoms with van der Waals surface area (Å²) in [5.74, 6) is 0.887. The molecule has 1 aromatic carbocycles. The normalized spacial score (nSPS) is 17.1. The number of carbonyl (C=O) groups is 1. The highest BCUT2D eigenvalue weighted by molar-refractivity contribution is 5.83. The van der Waals surface area contributed by atoms with Gasteiger partial charge < -0.3 is 19.9 Å².